The fourth-order valence-electron chi connectivity index (χ4n) is 0. The summed E-state index contributed by atoms with van der Waals surface area (Å²) in [7, 11) is 0. The Morgan fingerprint density at radius 3 is 1.75 bits per heavy atom. The van der Waals surface area contributed by atoms with Crippen LogP contribution in [0.4, 0.5) is 0 Å². The minimum Gasteiger partial charge on any atom is -1.00 e. The second-order valence-corrected chi connectivity index (χ2v) is 0.835. The second-order valence-electron chi connectivity index (χ2n) is 0.835. The van der Waals surface area contributed by atoms with Gasteiger partial charge in [-0.05, 0) is 6.92 Å². The summed E-state index contributed by atoms with van der Waals surface area (Å²) in [5, 5.41) is 15.0. The van der Waals surface area contributed by atoms with Gasteiger partial charge in [0.15, 0.2) is 0 Å². The Hall–Kier alpha value is 0.690. The van der Waals surface area contributed by atoms with Crippen molar-refractivity contribution in [2.45, 2.75) is 13.8 Å². The molecule has 2 N–H and O–H groups in total. The van der Waals surface area contributed by atoms with Crippen molar-refractivity contribution in [2.24, 2.45) is 0 Å². The second kappa shape index (κ2) is 15.6. The Morgan fingerprint density at radius 2 is 1.75 bits per heavy atom. The van der Waals surface area contributed by atoms with Crippen molar-refractivity contribution in [3.05, 3.63) is 0 Å². The molecule has 0 aliphatic rings. The predicted octanol–water partition coefficient (Wildman–Crippen LogP) is -0.0663. The maximum atomic E-state index is 9.00. The molecular formula is C4H12CaO3. The Bertz CT molecular complexity index is 49.8. The van der Waals surface area contributed by atoms with E-state index in [4.69, 9.17) is 15.0 Å². The van der Waals surface area contributed by atoms with Crippen LogP contribution in [0.2, 0.25) is 0 Å². The first-order valence-electron chi connectivity index (χ1n) is 1.95. The van der Waals surface area contributed by atoms with Crippen molar-refractivity contribution < 1.29 is 17.9 Å². The molecule has 0 unspecified atom stereocenters. The van der Waals surface area contributed by atoms with Gasteiger partial charge in [0, 0.05) is 13.5 Å². The standard InChI is InChI=1S/C2H4O2.C2H6O.Ca.2H/c1-2(3)4;1-2-3;;;/h1H3,(H,3,4);3H,2H2,1H3;;;/q;;+2;2*-1. The van der Waals surface area contributed by atoms with Crippen LogP contribution in [0.3, 0.4) is 0 Å². The Morgan fingerprint density at radius 1 is 1.75 bits per heavy atom. The maximum Gasteiger partial charge on any atom is 2.00 e. The number of carbonyl (C=O) groups is 1. The molecule has 0 radical (unpaired) electrons. The van der Waals surface area contributed by atoms with Gasteiger partial charge in [-0.2, -0.15) is 0 Å². The third kappa shape index (κ3) is 455. The molecule has 0 heterocycles. The number of carboxylic acid groups (broad SMARTS) is 1. The van der Waals surface area contributed by atoms with Gasteiger partial charge in [-0.25, -0.2) is 0 Å². The first-order valence-corrected chi connectivity index (χ1v) is 1.95. The molecule has 0 aromatic rings. The molecule has 0 saturated carbocycles. The van der Waals surface area contributed by atoms with Crippen molar-refractivity contribution >= 4 is 43.7 Å². The van der Waals surface area contributed by atoms with Crippen LogP contribution in [0.1, 0.15) is 16.7 Å². The van der Waals surface area contributed by atoms with E-state index in [2.05, 4.69) is 0 Å². The largest absolute Gasteiger partial charge is 2.00 e. The minimum atomic E-state index is -0.833. The summed E-state index contributed by atoms with van der Waals surface area (Å²) >= 11 is 0. The van der Waals surface area contributed by atoms with Gasteiger partial charge in [0.2, 0.25) is 0 Å². The Balaban J connectivity index is -0.0000000131. The zero-order valence-corrected chi connectivity index (χ0v) is 7.43. The van der Waals surface area contributed by atoms with Crippen molar-refractivity contribution in [3.8, 4) is 0 Å². The molecule has 0 saturated heterocycles. The molecule has 4 heteroatoms. The summed E-state index contributed by atoms with van der Waals surface area (Å²) < 4.78 is 0. The number of rotatable bonds is 0. The monoisotopic (exact) mass is 148 g/mol. The van der Waals surface area contributed by atoms with Crippen LogP contribution >= 0.6 is 0 Å². The average molecular weight is 148 g/mol. The van der Waals surface area contributed by atoms with E-state index in [1.807, 2.05) is 0 Å². The molecule has 3 nitrogen and oxygen atoms in total. The fraction of sp³-hybridized carbons (Fsp3) is 0.750. The molecular weight excluding hydrogens is 136 g/mol. The Labute approximate surface area is 81.7 Å². The zero-order valence-electron chi connectivity index (χ0n) is 7.22. The van der Waals surface area contributed by atoms with Crippen LogP contribution in [0.15, 0.2) is 0 Å². The molecule has 0 aliphatic carbocycles. The summed E-state index contributed by atoms with van der Waals surface area (Å²) in [6.07, 6.45) is 0. The van der Waals surface area contributed by atoms with E-state index in [0.29, 0.717) is 0 Å². The smallest absolute Gasteiger partial charge is 1.00 e. The third-order valence-corrected chi connectivity index (χ3v) is 0. The number of aliphatic hydroxyl groups is 1. The van der Waals surface area contributed by atoms with Gasteiger partial charge < -0.3 is 13.1 Å². The van der Waals surface area contributed by atoms with E-state index in [1.54, 1.807) is 6.92 Å². The van der Waals surface area contributed by atoms with Gasteiger partial charge in [-0.15, -0.1) is 0 Å². The van der Waals surface area contributed by atoms with E-state index < -0.39 is 5.97 Å². The molecule has 48 valence electrons. The molecule has 8 heavy (non-hydrogen) atoms. The third-order valence-electron chi connectivity index (χ3n) is 0. The zero-order chi connectivity index (χ0) is 6.28. The number of aliphatic carboxylic acids is 1. The fourth-order valence-corrected chi connectivity index (χ4v) is 0. The van der Waals surface area contributed by atoms with Gasteiger partial charge >= 0.3 is 37.7 Å². The normalized spacial score (nSPS) is 5.38. The molecule has 0 spiro atoms. The molecule has 0 rings (SSSR count). The first-order chi connectivity index (χ1) is 3.15. The molecule has 0 fully saturated rings. The summed E-state index contributed by atoms with van der Waals surface area (Å²) in [4.78, 5) is 9.00. The van der Waals surface area contributed by atoms with Gasteiger partial charge in [-0.1, -0.05) is 0 Å². The van der Waals surface area contributed by atoms with Crippen LogP contribution in [0, 0.1) is 0 Å². The van der Waals surface area contributed by atoms with E-state index in [9.17, 15) is 0 Å². The molecule has 0 aromatic heterocycles. The molecule has 0 atom stereocenters. The number of carboxylic acids is 1. The van der Waals surface area contributed by atoms with Crippen LogP contribution < -0.4 is 0 Å². The van der Waals surface area contributed by atoms with E-state index >= 15 is 0 Å². The quantitative estimate of drug-likeness (QED) is 0.473. The van der Waals surface area contributed by atoms with Gasteiger partial charge in [0.1, 0.15) is 0 Å². The number of hydrogen-bond acceptors (Lipinski definition) is 2. The predicted molar refractivity (Wildman–Crippen MR) is 34.0 cm³/mol. The van der Waals surface area contributed by atoms with Gasteiger partial charge in [0.05, 0.1) is 0 Å². The molecule has 0 aliphatic heterocycles. The molecule has 0 amide bonds. The molecule has 0 aromatic carbocycles. The van der Waals surface area contributed by atoms with Gasteiger partial charge in [0.25, 0.3) is 5.97 Å². The SMILES string of the molecule is CC(=O)O.CCO.[Ca+2].[H-].[H-]. The Kier molecular flexibility index (Phi) is 31.0. The minimum absolute atomic E-state index is 0. The maximum absolute atomic E-state index is 9.00. The van der Waals surface area contributed by atoms with Crippen molar-refractivity contribution in [1.29, 1.82) is 0 Å². The number of hydrogen-bond donors (Lipinski definition) is 2. The van der Waals surface area contributed by atoms with E-state index in [1.165, 1.54) is 0 Å². The first kappa shape index (κ1) is 15.9. The molecule has 0 bridgehead atoms. The van der Waals surface area contributed by atoms with Crippen molar-refractivity contribution in [2.75, 3.05) is 6.61 Å². The van der Waals surface area contributed by atoms with E-state index in [-0.39, 0.29) is 47.2 Å². The van der Waals surface area contributed by atoms with Gasteiger partial charge in [-0.3, -0.25) is 4.79 Å². The average Bonchev–Trinajstić information content (AvgIpc) is 1.33. The van der Waals surface area contributed by atoms with Crippen LogP contribution in [-0.4, -0.2) is 60.5 Å². The summed E-state index contributed by atoms with van der Waals surface area (Å²) in [5.74, 6) is -0.833. The van der Waals surface area contributed by atoms with Crippen molar-refractivity contribution in [1.82, 2.24) is 0 Å². The van der Waals surface area contributed by atoms with Crippen LogP contribution in [-0.2, 0) is 4.79 Å². The van der Waals surface area contributed by atoms with Crippen LogP contribution in [0.5, 0.6) is 0 Å². The topological polar surface area (TPSA) is 57.5 Å². The summed E-state index contributed by atoms with van der Waals surface area (Å²) in [6.45, 7) is 3.01. The van der Waals surface area contributed by atoms with Crippen molar-refractivity contribution in [3.63, 3.8) is 0 Å². The summed E-state index contributed by atoms with van der Waals surface area (Å²) in [6, 6.07) is 0. The summed E-state index contributed by atoms with van der Waals surface area (Å²) in [5.41, 5.74) is 0. The van der Waals surface area contributed by atoms with E-state index in [0.717, 1.165) is 6.92 Å². The van der Waals surface area contributed by atoms with Crippen LogP contribution in [0.25, 0.3) is 0 Å². The number of aliphatic hydroxyl groups excluding tert-OH is 1.